The molecule has 0 radical (unpaired) electrons. The lowest BCUT2D eigenvalue weighted by atomic mass is 9.73. The van der Waals surface area contributed by atoms with E-state index in [1.54, 1.807) is 13.8 Å². The lowest BCUT2D eigenvalue weighted by molar-refractivity contribution is -0.142. The summed E-state index contributed by atoms with van der Waals surface area (Å²) in [6.45, 7) is 11.1. The predicted octanol–water partition coefficient (Wildman–Crippen LogP) is 4.67. The molecule has 3 aromatic rings. The number of ether oxygens (including phenoxy) is 1. The van der Waals surface area contributed by atoms with Crippen molar-refractivity contribution < 1.29 is 14.6 Å². The zero-order valence-electron chi connectivity index (χ0n) is 22.9. The second kappa shape index (κ2) is 9.32. The highest BCUT2D eigenvalue weighted by molar-refractivity contribution is 5.80. The van der Waals surface area contributed by atoms with E-state index in [9.17, 15) is 9.90 Å². The van der Waals surface area contributed by atoms with E-state index in [0.29, 0.717) is 19.1 Å². The van der Waals surface area contributed by atoms with Crippen LogP contribution in [0.2, 0.25) is 0 Å². The molecule has 5 rings (SSSR count). The largest absolute Gasteiger partial charge is 0.481 e. The molecule has 9 heteroatoms. The number of nitrogens with one attached hydrogen (secondary N) is 2. The molecule has 2 aromatic heterocycles. The van der Waals surface area contributed by atoms with Gasteiger partial charge in [0.15, 0.2) is 0 Å². The van der Waals surface area contributed by atoms with E-state index in [0.717, 1.165) is 40.6 Å². The number of hydrogen-bond acceptors (Lipinski definition) is 8. The molecule has 1 aromatic carbocycles. The molecular weight excluding hydrogens is 480 g/mol. The second-order valence-electron chi connectivity index (χ2n) is 11.6. The minimum absolute atomic E-state index is 0.112. The smallest absolute Gasteiger partial charge is 0.313 e. The Bertz CT molecular complexity index is 1360. The van der Waals surface area contributed by atoms with Gasteiger partial charge in [-0.25, -0.2) is 9.97 Å². The van der Waals surface area contributed by atoms with Crippen molar-refractivity contribution >= 4 is 29.2 Å². The van der Waals surface area contributed by atoms with Crippen LogP contribution in [0.5, 0.6) is 0 Å². The van der Waals surface area contributed by atoms with Gasteiger partial charge in [0.1, 0.15) is 11.6 Å². The minimum Gasteiger partial charge on any atom is -0.481 e. The van der Waals surface area contributed by atoms with Crippen LogP contribution in [0.4, 0.5) is 23.3 Å². The van der Waals surface area contributed by atoms with Crippen LogP contribution in [-0.4, -0.2) is 51.3 Å². The maximum atomic E-state index is 11.6. The number of carboxylic acids is 1. The number of pyridine rings is 1. The van der Waals surface area contributed by atoms with Gasteiger partial charge in [-0.15, -0.1) is 0 Å². The molecule has 0 unspecified atom stereocenters. The number of aromatic nitrogens is 3. The van der Waals surface area contributed by atoms with Gasteiger partial charge in [-0.3, -0.25) is 4.79 Å². The Kier molecular flexibility index (Phi) is 6.39. The first-order chi connectivity index (χ1) is 17.9. The molecule has 9 nitrogen and oxygen atoms in total. The zero-order chi connectivity index (χ0) is 27.3. The van der Waals surface area contributed by atoms with Gasteiger partial charge in [-0.1, -0.05) is 25.1 Å². The summed E-state index contributed by atoms with van der Waals surface area (Å²) >= 11 is 0. The average Bonchev–Trinajstić information content (AvgIpc) is 3.11. The first-order valence-corrected chi connectivity index (χ1v) is 13.0. The van der Waals surface area contributed by atoms with Crippen LogP contribution in [0.3, 0.4) is 0 Å². The topological polar surface area (TPSA) is 112 Å². The van der Waals surface area contributed by atoms with Gasteiger partial charge in [0.05, 0.1) is 29.4 Å². The highest BCUT2D eigenvalue weighted by Gasteiger charge is 2.55. The second-order valence-corrected chi connectivity index (χ2v) is 11.6. The normalized spacial score (nSPS) is 22.1. The molecule has 0 saturated carbocycles. The third-order valence-corrected chi connectivity index (χ3v) is 7.90. The third kappa shape index (κ3) is 4.50. The van der Waals surface area contributed by atoms with Crippen LogP contribution < -0.4 is 15.5 Å². The number of anilines is 4. The van der Waals surface area contributed by atoms with Crippen molar-refractivity contribution in [2.24, 2.45) is 0 Å². The van der Waals surface area contributed by atoms with Crippen LogP contribution in [0.25, 0.3) is 0 Å². The summed E-state index contributed by atoms with van der Waals surface area (Å²) in [5.41, 5.74) is 1.98. The van der Waals surface area contributed by atoms with Crippen molar-refractivity contribution in [2.45, 2.75) is 70.1 Å². The molecule has 2 aliphatic heterocycles. The van der Waals surface area contributed by atoms with Crippen molar-refractivity contribution in [3.63, 3.8) is 0 Å². The van der Waals surface area contributed by atoms with E-state index < -0.39 is 11.4 Å². The fraction of sp³-hybridized carbons (Fsp3) is 0.448. The standard InChI is InChI=1S/C29H36N6O3/c1-27(2)14-22-29(5,17-38-27)21-16-31-26(33-19-12-10-18(11-13-19)28(3,4)25(36)37)34-24(21)35(22)23-9-7-8-20(32-23)15-30-6/h7-13,16,22,30H,14-15,17H2,1-6H3,(H,36,37)(H,31,33,34)/t22-,29-/m0/s1. The van der Waals surface area contributed by atoms with Crippen molar-refractivity contribution in [2.75, 3.05) is 23.9 Å². The maximum absolute atomic E-state index is 11.6. The van der Waals surface area contributed by atoms with Crippen LogP contribution in [0, 0.1) is 0 Å². The lowest BCUT2D eigenvalue weighted by Gasteiger charge is -2.46. The average molecular weight is 517 g/mol. The maximum Gasteiger partial charge on any atom is 0.313 e. The molecule has 4 heterocycles. The molecule has 200 valence electrons. The van der Waals surface area contributed by atoms with E-state index in [1.165, 1.54) is 0 Å². The number of carboxylic acid groups (broad SMARTS) is 1. The van der Waals surface area contributed by atoms with E-state index >= 15 is 0 Å². The van der Waals surface area contributed by atoms with Gasteiger partial charge >= 0.3 is 5.97 Å². The van der Waals surface area contributed by atoms with Crippen LogP contribution in [0.15, 0.2) is 48.7 Å². The van der Waals surface area contributed by atoms with Crippen molar-refractivity contribution in [1.29, 1.82) is 0 Å². The summed E-state index contributed by atoms with van der Waals surface area (Å²) in [5.74, 6) is 1.28. The Morgan fingerprint density at radius 3 is 2.58 bits per heavy atom. The Morgan fingerprint density at radius 2 is 1.89 bits per heavy atom. The van der Waals surface area contributed by atoms with E-state index in [4.69, 9.17) is 14.7 Å². The SMILES string of the molecule is CNCc1cccc(N2c3nc(Nc4ccc(C(C)(C)C(=O)O)cc4)ncc3[C@]3(C)COC(C)(C)C[C@H]23)n1. The number of rotatable bonds is 7. The van der Waals surface area contributed by atoms with Crippen molar-refractivity contribution in [3.8, 4) is 0 Å². The molecule has 1 saturated heterocycles. The summed E-state index contributed by atoms with van der Waals surface area (Å²) in [7, 11) is 1.91. The number of hydrogen-bond donors (Lipinski definition) is 3. The molecule has 0 aliphatic carbocycles. The molecule has 3 N–H and O–H groups in total. The van der Waals surface area contributed by atoms with E-state index in [-0.39, 0.29) is 17.1 Å². The Balaban J connectivity index is 1.52. The fourth-order valence-corrected chi connectivity index (χ4v) is 5.36. The van der Waals surface area contributed by atoms with Crippen LogP contribution >= 0.6 is 0 Å². The third-order valence-electron chi connectivity index (χ3n) is 7.90. The number of nitrogens with zero attached hydrogens (tertiary/aromatic N) is 4. The summed E-state index contributed by atoms with van der Waals surface area (Å²) in [6.07, 6.45) is 2.72. The lowest BCUT2D eigenvalue weighted by Crippen LogP contribution is -2.54. The van der Waals surface area contributed by atoms with E-state index in [2.05, 4.69) is 41.3 Å². The molecule has 0 amide bonds. The highest BCUT2D eigenvalue weighted by Crippen LogP contribution is 2.52. The monoisotopic (exact) mass is 516 g/mol. The molecule has 0 bridgehead atoms. The Labute approximate surface area is 223 Å². The minimum atomic E-state index is -0.973. The van der Waals surface area contributed by atoms with Gasteiger partial charge in [-0.05, 0) is 71.0 Å². The number of benzene rings is 1. The molecule has 1 fully saturated rings. The van der Waals surface area contributed by atoms with Crippen LogP contribution in [-0.2, 0) is 26.9 Å². The number of aliphatic carboxylic acids is 1. The summed E-state index contributed by atoms with van der Waals surface area (Å²) in [4.78, 5) is 28.5. The quantitative estimate of drug-likeness (QED) is 0.412. The van der Waals surface area contributed by atoms with Gasteiger partial charge in [0.2, 0.25) is 5.95 Å². The summed E-state index contributed by atoms with van der Waals surface area (Å²) in [5, 5.41) is 16.0. The first-order valence-electron chi connectivity index (χ1n) is 13.0. The number of carbonyl (C=O) groups is 1. The highest BCUT2D eigenvalue weighted by atomic mass is 16.5. The molecule has 38 heavy (non-hydrogen) atoms. The van der Waals surface area contributed by atoms with Crippen molar-refractivity contribution in [1.82, 2.24) is 20.3 Å². The van der Waals surface area contributed by atoms with Crippen LogP contribution in [0.1, 0.15) is 57.9 Å². The predicted molar refractivity (Wildman–Crippen MR) is 147 cm³/mol. The summed E-state index contributed by atoms with van der Waals surface area (Å²) < 4.78 is 6.30. The van der Waals surface area contributed by atoms with Gasteiger partial charge in [0, 0.05) is 29.4 Å². The Hall–Kier alpha value is -3.56. The molecule has 2 aliphatic rings. The first kappa shape index (κ1) is 26.1. The van der Waals surface area contributed by atoms with Gasteiger partial charge in [0.25, 0.3) is 0 Å². The van der Waals surface area contributed by atoms with Crippen molar-refractivity contribution in [3.05, 3.63) is 65.5 Å². The zero-order valence-corrected chi connectivity index (χ0v) is 22.9. The molecule has 0 spiro atoms. The molecule has 2 atom stereocenters. The molecular formula is C29H36N6O3. The van der Waals surface area contributed by atoms with E-state index in [1.807, 2.05) is 55.7 Å². The number of fused-ring (bicyclic) bond motifs is 3. The Morgan fingerprint density at radius 1 is 1.16 bits per heavy atom. The fourth-order valence-electron chi connectivity index (χ4n) is 5.36. The van der Waals surface area contributed by atoms with Gasteiger partial charge in [-0.2, -0.15) is 4.98 Å². The summed E-state index contributed by atoms with van der Waals surface area (Å²) in [6, 6.07) is 13.6. The van der Waals surface area contributed by atoms with Gasteiger partial charge < -0.3 is 25.4 Å².